The second kappa shape index (κ2) is 7.36. The zero-order chi connectivity index (χ0) is 22.5. The molecule has 0 amide bonds. The highest BCUT2D eigenvalue weighted by Crippen LogP contribution is 2.31. The third kappa shape index (κ3) is 3.77. The highest BCUT2D eigenvalue weighted by Gasteiger charge is 2.34. The number of nitrogens with one attached hydrogen (secondary N) is 3. The zero-order valence-electron chi connectivity index (χ0n) is 16.8. The topological polar surface area (TPSA) is 81.8 Å². The lowest BCUT2D eigenvalue weighted by Gasteiger charge is -2.13. The van der Waals surface area contributed by atoms with Crippen LogP contribution in [0.25, 0.3) is 11.0 Å². The van der Waals surface area contributed by atoms with Crippen molar-refractivity contribution in [1.82, 2.24) is 19.9 Å². The number of hydrogen-bond donors (Lipinski definition) is 3. The van der Waals surface area contributed by atoms with E-state index >= 15 is 0 Å². The number of aromatic nitrogens is 4. The van der Waals surface area contributed by atoms with Gasteiger partial charge in [0.1, 0.15) is 0 Å². The van der Waals surface area contributed by atoms with E-state index in [1.807, 2.05) is 25.2 Å². The third-order valence-corrected chi connectivity index (χ3v) is 5.22. The molecule has 0 fully saturated rings. The molecule has 0 unspecified atom stereocenters. The number of alkyl halides is 3. The van der Waals surface area contributed by atoms with Gasteiger partial charge in [-0.25, -0.2) is 14.4 Å². The minimum Gasteiger partial charge on any atom is -0.374 e. The van der Waals surface area contributed by atoms with Crippen molar-refractivity contribution < 1.29 is 17.6 Å². The van der Waals surface area contributed by atoms with E-state index in [9.17, 15) is 17.6 Å². The van der Waals surface area contributed by atoms with Gasteiger partial charge in [0, 0.05) is 30.7 Å². The lowest BCUT2D eigenvalue weighted by Crippen LogP contribution is -2.12. The molecule has 11 heteroatoms. The van der Waals surface area contributed by atoms with Crippen molar-refractivity contribution in [2.24, 2.45) is 0 Å². The minimum atomic E-state index is -4.57. The fraction of sp³-hybridized carbons (Fsp3) is 0.190. The van der Waals surface area contributed by atoms with E-state index in [1.165, 1.54) is 12.1 Å². The zero-order valence-corrected chi connectivity index (χ0v) is 16.8. The molecule has 0 spiro atoms. The molecule has 164 valence electrons. The molecule has 32 heavy (non-hydrogen) atoms. The van der Waals surface area contributed by atoms with Gasteiger partial charge in [-0.3, -0.25) is 0 Å². The van der Waals surface area contributed by atoms with Crippen molar-refractivity contribution >= 4 is 39.9 Å². The Morgan fingerprint density at radius 1 is 1.03 bits per heavy atom. The largest absolute Gasteiger partial charge is 0.449 e. The summed E-state index contributed by atoms with van der Waals surface area (Å²) in [4.78, 5) is 16.0. The van der Waals surface area contributed by atoms with Crippen LogP contribution in [0.2, 0.25) is 0 Å². The van der Waals surface area contributed by atoms with Gasteiger partial charge < -0.3 is 20.5 Å². The van der Waals surface area contributed by atoms with Gasteiger partial charge in [0.05, 0.1) is 17.2 Å². The van der Waals surface area contributed by atoms with Crippen LogP contribution in [0.4, 0.5) is 46.4 Å². The van der Waals surface area contributed by atoms with Crippen LogP contribution in [-0.4, -0.2) is 33.5 Å². The molecule has 0 saturated heterocycles. The van der Waals surface area contributed by atoms with Crippen LogP contribution >= 0.6 is 0 Å². The first-order valence-corrected chi connectivity index (χ1v) is 9.74. The van der Waals surface area contributed by atoms with Crippen LogP contribution in [0, 0.1) is 5.82 Å². The number of halogens is 4. The summed E-state index contributed by atoms with van der Waals surface area (Å²) < 4.78 is 52.9. The number of benzene rings is 2. The van der Waals surface area contributed by atoms with Crippen molar-refractivity contribution in [1.29, 1.82) is 0 Å². The summed E-state index contributed by atoms with van der Waals surface area (Å²) in [7, 11) is 2.02. The Balaban J connectivity index is 1.38. The van der Waals surface area contributed by atoms with Gasteiger partial charge in [-0.2, -0.15) is 18.2 Å². The second-order valence-corrected chi connectivity index (χ2v) is 7.47. The first kappa shape index (κ1) is 20.0. The Hall–Kier alpha value is -3.89. The molecular formula is C21H17F4N7. The molecule has 0 radical (unpaired) electrons. The number of hydrogen-bond acceptors (Lipinski definition) is 6. The van der Waals surface area contributed by atoms with Crippen LogP contribution in [0.5, 0.6) is 0 Å². The summed E-state index contributed by atoms with van der Waals surface area (Å²) in [5.41, 5.74) is 3.80. The van der Waals surface area contributed by atoms with Gasteiger partial charge in [0.25, 0.3) is 0 Å². The number of imidazole rings is 1. The molecule has 0 atom stereocenters. The van der Waals surface area contributed by atoms with Crippen LogP contribution in [0.3, 0.4) is 0 Å². The summed E-state index contributed by atoms with van der Waals surface area (Å²) in [6.45, 7) is 0.930. The average Bonchev–Trinajstić information content (AvgIpc) is 3.34. The fourth-order valence-corrected chi connectivity index (χ4v) is 3.65. The predicted molar refractivity (Wildman–Crippen MR) is 113 cm³/mol. The summed E-state index contributed by atoms with van der Waals surface area (Å²) in [6.07, 6.45) is -2.64. The van der Waals surface area contributed by atoms with Crippen LogP contribution in [0.15, 0.2) is 42.6 Å². The molecule has 0 bridgehead atoms. The lowest BCUT2D eigenvalue weighted by atomic mass is 10.1. The number of rotatable bonds is 4. The highest BCUT2D eigenvalue weighted by molar-refractivity contribution is 5.80. The van der Waals surface area contributed by atoms with Crippen molar-refractivity contribution in [3.8, 4) is 0 Å². The average molecular weight is 443 g/mol. The second-order valence-electron chi connectivity index (χ2n) is 7.47. The number of aromatic amines is 1. The molecule has 1 aliphatic heterocycles. The third-order valence-electron chi connectivity index (χ3n) is 5.22. The van der Waals surface area contributed by atoms with Crippen LogP contribution in [-0.2, 0) is 12.6 Å². The summed E-state index contributed by atoms with van der Waals surface area (Å²) in [6, 6.07) is 10.2. The molecule has 3 N–H and O–H groups in total. The highest BCUT2D eigenvalue weighted by atomic mass is 19.4. The Morgan fingerprint density at radius 2 is 1.81 bits per heavy atom. The van der Waals surface area contributed by atoms with E-state index in [-0.39, 0.29) is 22.8 Å². The lowest BCUT2D eigenvalue weighted by molar-refractivity contribution is -0.144. The molecule has 0 aliphatic carbocycles. The van der Waals surface area contributed by atoms with Gasteiger partial charge in [-0.15, -0.1) is 0 Å². The molecule has 4 aromatic rings. The van der Waals surface area contributed by atoms with E-state index in [1.54, 1.807) is 6.07 Å². The number of fused-ring (bicyclic) bond motifs is 2. The van der Waals surface area contributed by atoms with E-state index in [4.69, 9.17) is 0 Å². The number of likely N-dealkylation sites (N-methyl/N-ethyl adjacent to an activating group) is 1. The normalized spacial score (nSPS) is 13.5. The maximum absolute atomic E-state index is 14.3. The number of H-pyrrole nitrogens is 1. The molecule has 7 nitrogen and oxygen atoms in total. The van der Waals surface area contributed by atoms with E-state index in [0.717, 1.165) is 30.4 Å². The van der Waals surface area contributed by atoms with Crippen molar-refractivity contribution in [2.75, 3.05) is 29.1 Å². The standard InChI is InChI=1S/C21H17F4N7/c1-32-7-6-11-8-12(3-5-17(11)32)27-18-14(22)10-26-20(31-18)28-13-2-4-15-16(9-13)30-19(29-15)21(23,24)25/h2-5,8-10H,6-7H2,1H3,(H,29,30)(H2,26,27,28,31). The smallest absolute Gasteiger partial charge is 0.374 e. The molecule has 2 aromatic heterocycles. The molecular weight excluding hydrogens is 426 g/mol. The monoisotopic (exact) mass is 443 g/mol. The predicted octanol–water partition coefficient (Wildman–Crippen LogP) is 4.99. The Kier molecular flexibility index (Phi) is 4.61. The first-order chi connectivity index (χ1) is 15.3. The molecule has 3 heterocycles. The van der Waals surface area contributed by atoms with Crippen molar-refractivity contribution in [3.05, 3.63) is 59.8 Å². The van der Waals surface area contributed by atoms with E-state index < -0.39 is 17.8 Å². The fourth-order valence-electron chi connectivity index (χ4n) is 3.65. The Morgan fingerprint density at radius 3 is 2.62 bits per heavy atom. The summed E-state index contributed by atoms with van der Waals surface area (Å²) in [5.74, 6) is -1.64. The molecule has 1 aliphatic rings. The number of nitrogens with zero attached hydrogens (tertiary/aromatic N) is 4. The summed E-state index contributed by atoms with van der Waals surface area (Å²) in [5, 5.41) is 5.85. The van der Waals surface area contributed by atoms with Gasteiger partial charge in [0.15, 0.2) is 11.6 Å². The Labute approximate surface area is 179 Å². The van der Waals surface area contributed by atoms with Gasteiger partial charge >= 0.3 is 6.18 Å². The van der Waals surface area contributed by atoms with Gasteiger partial charge in [-0.05, 0) is 48.4 Å². The molecule has 5 rings (SSSR count). The van der Waals surface area contributed by atoms with Crippen molar-refractivity contribution in [3.63, 3.8) is 0 Å². The molecule has 0 saturated carbocycles. The first-order valence-electron chi connectivity index (χ1n) is 9.74. The molecule has 2 aromatic carbocycles. The van der Waals surface area contributed by atoms with Crippen LogP contribution < -0.4 is 15.5 Å². The Bertz CT molecular complexity index is 1320. The maximum atomic E-state index is 14.3. The summed E-state index contributed by atoms with van der Waals surface area (Å²) >= 11 is 0. The van der Waals surface area contributed by atoms with Crippen molar-refractivity contribution in [2.45, 2.75) is 12.6 Å². The van der Waals surface area contributed by atoms with Gasteiger partial charge in [0.2, 0.25) is 11.8 Å². The SMILES string of the molecule is CN1CCc2cc(Nc3nc(Nc4ccc5nc(C(F)(F)F)[nH]c5c4)ncc3F)ccc21. The van der Waals surface area contributed by atoms with Gasteiger partial charge in [-0.1, -0.05) is 0 Å². The van der Waals surface area contributed by atoms with Crippen LogP contribution in [0.1, 0.15) is 11.4 Å². The van der Waals surface area contributed by atoms with E-state index in [2.05, 4.69) is 35.5 Å². The quantitative estimate of drug-likeness (QED) is 0.386. The maximum Gasteiger partial charge on any atom is 0.449 e. The minimum absolute atomic E-state index is 0.0178. The number of anilines is 5. The van der Waals surface area contributed by atoms with E-state index in [0.29, 0.717) is 11.4 Å².